The quantitative estimate of drug-likeness (QED) is 0.439. The minimum atomic E-state index is 0.148. The van der Waals surface area contributed by atoms with Crippen LogP contribution in [0.15, 0.2) is 12.3 Å². The van der Waals surface area contributed by atoms with Gasteiger partial charge in [-0.3, -0.25) is 0 Å². The molecule has 0 radical (unpaired) electrons. The van der Waals surface area contributed by atoms with Gasteiger partial charge in [-0.25, -0.2) is 9.97 Å². The smallest absolute Gasteiger partial charge is 0.135 e. The first kappa shape index (κ1) is 22.9. The first-order chi connectivity index (χ1) is 14.2. The normalized spacial score (nSPS) is 12.7. The van der Waals surface area contributed by atoms with Crippen molar-refractivity contribution < 1.29 is 4.74 Å². The predicted molar refractivity (Wildman–Crippen MR) is 127 cm³/mol. The summed E-state index contributed by atoms with van der Waals surface area (Å²) < 4.78 is 7.53. The van der Waals surface area contributed by atoms with E-state index >= 15 is 0 Å². The van der Waals surface area contributed by atoms with Crippen LogP contribution in [0.3, 0.4) is 0 Å². The van der Waals surface area contributed by atoms with Gasteiger partial charge in [0.05, 0.1) is 45.1 Å². The van der Waals surface area contributed by atoms with Gasteiger partial charge in [-0.2, -0.15) is 0 Å². The zero-order chi connectivity index (χ0) is 22.2. The summed E-state index contributed by atoms with van der Waals surface area (Å²) in [7, 11) is 3.57. The summed E-state index contributed by atoms with van der Waals surface area (Å²) in [4.78, 5) is 9.86. The highest BCUT2D eigenvalue weighted by Gasteiger charge is 2.23. The van der Waals surface area contributed by atoms with Crippen LogP contribution in [0.25, 0.3) is 22.3 Å². The van der Waals surface area contributed by atoms with Crippen LogP contribution in [0.2, 0.25) is 10.0 Å². The Labute approximate surface area is 188 Å². The van der Waals surface area contributed by atoms with Gasteiger partial charge in [-0.15, -0.1) is 0 Å². The topological polar surface area (TPSA) is 52.0 Å². The Morgan fingerprint density at radius 1 is 1.20 bits per heavy atom. The molecule has 1 N–H and O–H groups in total. The molecule has 0 saturated carbocycles. The highest BCUT2D eigenvalue weighted by atomic mass is 35.5. The summed E-state index contributed by atoms with van der Waals surface area (Å²) in [5.74, 6) is 0.979. The molecule has 0 saturated heterocycles. The van der Waals surface area contributed by atoms with Gasteiger partial charge in [0.1, 0.15) is 5.82 Å². The van der Waals surface area contributed by atoms with E-state index in [1.165, 1.54) is 0 Å². The summed E-state index contributed by atoms with van der Waals surface area (Å²) in [6.07, 6.45) is 2.84. The molecule has 1 atom stereocenters. The van der Waals surface area contributed by atoms with Crippen molar-refractivity contribution in [2.24, 2.45) is 0 Å². The summed E-state index contributed by atoms with van der Waals surface area (Å²) in [6, 6.07) is 2.11. The highest BCUT2D eigenvalue weighted by Crippen LogP contribution is 2.40. The van der Waals surface area contributed by atoms with Gasteiger partial charge in [0, 0.05) is 25.9 Å². The van der Waals surface area contributed by atoms with Crippen LogP contribution in [0.5, 0.6) is 0 Å². The van der Waals surface area contributed by atoms with E-state index in [-0.39, 0.29) is 12.0 Å². The molecule has 0 aliphatic heterocycles. The second-order valence-electron chi connectivity index (χ2n) is 7.98. The Bertz CT molecular complexity index is 1080. The molecule has 0 aliphatic rings. The van der Waals surface area contributed by atoms with E-state index in [2.05, 4.69) is 50.7 Å². The molecule has 1 unspecified atom stereocenters. The minimum absolute atomic E-state index is 0.148. The van der Waals surface area contributed by atoms with Crippen LogP contribution in [-0.2, 0) is 11.2 Å². The van der Waals surface area contributed by atoms with Gasteiger partial charge in [-0.1, -0.05) is 44.0 Å². The third-order valence-electron chi connectivity index (χ3n) is 5.45. The lowest BCUT2D eigenvalue weighted by Crippen LogP contribution is -2.11. The van der Waals surface area contributed by atoms with Crippen LogP contribution in [-0.4, -0.2) is 35.3 Å². The molecule has 162 valence electrons. The Hall–Kier alpha value is -1.82. The first-order valence-corrected chi connectivity index (χ1v) is 11.1. The van der Waals surface area contributed by atoms with Gasteiger partial charge in [0.15, 0.2) is 0 Å². The number of aryl methyl sites for hydroxylation is 1. The Morgan fingerprint density at radius 2 is 1.90 bits per heavy atom. The highest BCUT2D eigenvalue weighted by molar-refractivity contribution is 6.36. The second kappa shape index (κ2) is 9.13. The SMILES string of the molecule is CCc1c(-c2cc(Cl)c(C(C)C)nc2NC)nc2c(C)cn(C(C)COC)c2c1Cl. The predicted octanol–water partition coefficient (Wildman–Crippen LogP) is 6.65. The van der Waals surface area contributed by atoms with E-state index in [4.69, 9.17) is 37.9 Å². The van der Waals surface area contributed by atoms with Gasteiger partial charge in [0.2, 0.25) is 0 Å². The Balaban J connectivity index is 2.33. The summed E-state index contributed by atoms with van der Waals surface area (Å²) >= 11 is 13.6. The standard InChI is InChI=1S/C23H30Cl2N4O/c1-8-15-18(25)22-20(13(4)10-29(22)14(5)11-30-7)27-21(15)16-9-17(24)19(12(2)3)28-23(16)26-6/h9-10,12,14H,8,11H2,1-7H3,(H,26,28). The van der Waals surface area contributed by atoms with E-state index in [9.17, 15) is 0 Å². The molecular weight excluding hydrogens is 419 g/mol. The van der Waals surface area contributed by atoms with Crippen molar-refractivity contribution >= 4 is 40.1 Å². The number of nitrogens with zero attached hydrogens (tertiary/aromatic N) is 3. The Kier molecular flexibility index (Phi) is 6.95. The molecule has 0 amide bonds. The number of rotatable bonds is 7. The number of nitrogens with one attached hydrogen (secondary N) is 1. The fraction of sp³-hybridized carbons (Fsp3) is 0.478. The minimum Gasteiger partial charge on any atom is -0.383 e. The molecule has 3 aromatic rings. The lowest BCUT2D eigenvalue weighted by molar-refractivity contribution is 0.164. The number of anilines is 1. The molecule has 0 bridgehead atoms. The third kappa shape index (κ3) is 3.91. The van der Waals surface area contributed by atoms with Crippen molar-refractivity contribution in [1.82, 2.24) is 14.5 Å². The largest absolute Gasteiger partial charge is 0.383 e. The molecule has 7 heteroatoms. The molecule has 30 heavy (non-hydrogen) atoms. The van der Waals surface area contributed by atoms with Gasteiger partial charge in [0.25, 0.3) is 0 Å². The van der Waals surface area contributed by atoms with Crippen molar-refractivity contribution in [1.29, 1.82) is 0 Å². The number of fused-ring (bicyclic) bond motifs is 1. The van der Waals surface area contributed by atoms with E-state index in [1.54, 1.807) is 7.11 Å². The van der Waals surface area contributed by atoms with Crippen LogP contribution in [0.4, 0.5) is 5.82 Å². The van der Waals surface area contributed by atoms with Crippen LogP contribution >= 0.6 is 23.2 Å². The molecule has 3 rings (SSSR count). The van der Waals surface area contributed by atoms with Crippen LogP contribution in [0.1, 0.15) is 56.5 Å². The molecule has 3 heterocycles. The lowest BCUT2D eigenvalue weighted by atomic mass is 10.0. The molecule has 5 nitrogen and oxygen atoms in total. The number of methoxy groups -OCH3 is 1. The van der Waals surface area contributed by atoms with Crippen molar-refractivity contribution in [2.45, 2.75) is 53.0 Å². The summed E-state index contributed by atoms with van der Waals surface area (Å²) in [5, 5.41) is 4.58. The van der Waals surface area contributed by atoms with E-state index < -0.39 is 0 Å². The number of aromatic nitrogens is 3. The van der Waals surface area contributed by atoms with Gasteiger partial charge in [-0.05, 0) is 43.4 Å². The maximum Gasteiger partial charge on any atom is 0.135 e. The number of ether oxygens (including phenoxy) is 1. The molecule has 0 fully saturated rings. The average Bonchev–Trinajstić information content (AvgIpc) is 3.04. The second-order valence-corrected chi connectivity index (χ2v) is 8.77. The zero-order valence-electron chi connectivity index (χ0n) is 18.7. The van der Waals surface area contributed by atoms with Gasteiger partial charge >= 0.3 is 0 Å². The average molecular weight is 449 g/mol. The molecule has 0 spiro atoms. The van der Waals surface area contributed by atoms with Gasteiger partial charge < -0.3 is 14.6 Å². The molecule has 0 aliphatic carbocycles. The summed E-state index contributed by atoms with van der Waals surface area (Å²) in [5.41, 5.74) is 6.45. The third-order valence-corrected chi connectivity index (χ3v) is 6.16. The maximum atomic E-state index is 7.00. The Morgan fingerprint density at radius 3 is 2.47 bits per heavy atom. The molecule has 0 aromatic carbocycles. The number of halogens is 2. The van der Waals surface area contributed by atoms with Crippen LogP contribution < -0.4 is 5.32 Å². The fourth-order valence-corrected chi connectivity index (χ4v) is 4.70. The lowest BCUT2D eigenvalue weighted by Gasteiger charge is -2.19. The van der Waals surface area contributed by atoms with Crippen molar-refractivity contribution in [3.8, 4) is 11.3 Å². The van der Waals surface area contributed by atoms with Crippen LogP contribution in [0, 0.1) is 6.92 Å². The number of hydrogen-bond donors (Lipinski definition) is 1. The monoisotopic (exact) mass is 448 g/mol. The van der Waals surface area contributed by atoms with Crippen molar-refractivity contribution in [2.75, 3.05) is 26.1 Å². The van der Waals surface area contributed by atoms with E-state index in [1.807, 2.05) is 13.1 Å². The maximum absolute atomic E-state index is 7.00. The number of hydrogen-bond acceptors (Lipinski definition) is 4. The fourth-order valence-electron chi connectivity index (χ4n) is 3.92. The first-order valence-electron chi connectivity index (χ1n) is 10.3. The van der Waals surface area contributed by atoms with E-state index in [0.29, 0.717) is 11.6 Å². The van der Waals surface area contributed by atoms with E-state index in [0.717, 1.165) is 56.4 Å². The van der Waals surface area contributed by atoms with Crippen molar-refractivity contribution in [3.63, 3.8) is 0 Å². The molecular formula is C23H30Cl2N4O. The number of pyridine rings is 2. The summed E-state index contributed by atoms with van der Waals surface area (Å²) in [6.45, 7) is 11.0. The molecule has 3 aromatic heterocycles. The van der Waals surface area contributed by atoms with Crippen molar-refractivity contribution in [3.05, 3.63) is 39.1 Å². The zero-order valence-corrected chi connectivity index (χ0v) is 20.2.